The van der Waals surface area contributed by atoms with Crippen LogP contribution >= 0.6 is 0 Å². The smallest absolute Gasteiger partial charge is 0.224 e. The number of nitrogens with one attached hydrogen (secondary N) is 1. The summed E-state index contributed by atoms with van der Waals surface area (Å²) in [6, 6.07) is 7.50. The van der Waals surface area contributed by atoms with Crippen molar-refractivity contribution in [1.29, 1.82) is 0 Å². The van der Waals surface area contributed by atoms with Gasteiger partial charge in [-0.3, -0.25) is 14.6 Å². The molecule has 0 bridgehead atoms. The number of oxazole rings is 1. The van der Waals surface area contributed by atoms with E-state index in [1.165, 1.54) is 0 Å². The lowest BCUT2D eigenvalue weighted by molar-refractivity contribution is -0.124. The van der Waals surface area contributed by atoms with Crippen LogP contribution in [0.1, 0.15) is 83.6 Å². The molecule has 3 aromatic rings. The summed E-state index contributed by atoms with van der Waals surface area (Å²) in [5.74, 6) is 2.25. The Bertz CT molecular complexity index is 1330. The average Bonchev–Trinajstić information content (AvgIpc) is 3.46. The number of carbonyl (C=O) groups excluding carboxylic acids is 2. The van der Waals surface area contributed by atoms with Crippen LogP contribution in [0.4, 0.5) is 0 Å². The van der Waals surface area contributed by atoms with E-state index in [9.17, 15) is 9.59 Å². The molecule has 2 fully saturated rings. The zero-order chi connectivity index (χ0) is 28.1. The van der Waals surface area contributed by atoms with Gasteiger partial charge in [-0.25, -0.2) is 4.98 Å². The summed E-state index contributed by atoms with van der Waals surface area (Å²) in [5, 5.41) is 4.29. The van der Waals surface area contributed by atoms with Gasteiger partial charge in [-0.1, -0.05) is 32.8 Å². The quantitative estimate of drug-likeness (QED) is 0.258. The number of aromatic nitrogens is 2. The molecule has 1 aliphatic heterocycles. The summed E-state index contributed by atoms with van der Waals surface area (Å²) >= 11 is 0. The number of methoxy groups -OCH3 is 1. The lowest BCUT2D eigenvalue weighted by Gasteiger charge is -2.32. The first kappa shape index (κ1) is 28.3. The SMILES string of the molecule is CCC(=O)CCCCC[C@H](NC(=O)[C@H]1CC12CCN(CC)CC2)c1ncc(-c2cc3cccnc3cc2OC)o1. The third-order valence-corrected chi connectivity index (χ3v) is 8.98. The van der Waals surface area contributed by atoms with Crippen LogP contribution in [-0.2, 0) is 9.59 Å². The Kier molecular flexibility index (Phi) is 8.84. The predicted octanol–water partition coefficient (Wildman–Crippen LogP) is 6.11. The molecule has 3 heterocycles. The van der Waals surface area contributed by atoms with Crippen molar-refractivity contribution in [1.82, 2.24) is 20.2 Å². The minimum Gasteiger partial charge on any atom is -0.496 e. The van der Waals surface area contributed by atoms with Gasteiger partial charge in [-0.05, 0) is 69.3 Å². The summed E-state index contributed by atoms with van der Waals surface area (Å²) < 4.78 is 12.0. The van der Waals surface area contributed by atoms with Gasteiger partial charge in [-0.2, -0.15) is 0 Å². The number of Topliss-reactive ketones (excluding diaryl/α,β-unsaturated/α-hetero) is 1. The second-order valence-electron chi connectivity index (χ2n) is 11.4. The maximum absolute atomic E-state index is 13.5. The molecule has 1 saturated carbocycles. The van der Waals surface area contributed by atoms with Crippen molar-refractivity contribution in [3.63, 3.8) is 0 Å². The first-order valence-electron chi connectivity index (χ1n) is 14.9. The standard InChI is InChI=1S/C32H42N4O4/c1-4-23(37)11-7-6-8-12-26(35-30(38)25-20-32(25)13-16-36(5-2)17-14-32)31-34-21-29(40-31)24-18-22-10-9-15-33-27(22)19-28(24)39-3/h9-10,15,18-19,21,25-26H,4-8,11-14,16-17,20H2,1-3H3,(H,35,38)/t25-,26+/m1/s1. The summed E-state index contributed by atoms with van der Waals surface area (Å²) in [4.78, 5) is 36.7. The highest BCUT2D eigenvalue weighted by Gasteiger charge is 2.58. The van der Waals surface area contributed by atoms with E-state index >= 15 is 0 Å². The third-order valence-electron chi connectivity index (χ3n) is 8.98. The minimum atomic E-state index is -0.315. The molecular weight excluding hydrogens is 504 g/mol. The van der Waals surface area contributed by atoms with Crippen LogP contribution in [0.25, 0.3) is 22.2 Å². The Balaban J connectivity index is 1.31. The number of rotatable bonds is 13. The van der Waals surface area contributed by atoms with Gasteiger partial charge in [0.1, 0.15) is 17.6 Å². The number of fused-ring (bicyclic) bond motifs is 1. The van der Waals surface area contributed by atoms with Gasteiger partial charge in [0.25, 0.3) is 0 Å². The third kappa shape index (κ3) is 6.22. The molecule has 1 saturated heterocycles. The van der Waals surface area contributed by atoms with Gasteiger partial charge < -0.3 is 19.4 Å². The van der Waals surface area contributed by atoms with Crippen molar-refractivity contribution >= 4 is 22.6 Å². The number of benzene rings is 1. The molecule has 1 aliphatic carbocycles. The maximum atomic E-state index is 13.5. The van der Waals surface area contributed by atoms with E-state index in [0.717, 1.165) is 74.6 Å². The van der Waals surface area contributed by atoms with Crippen molar-refractivity contribution in [3.05, 3.63) is 42.5 Å². The van der Waals surface area contributed by atoms with Crippen LogP contribution in [0.5, 0.6) is 5.75 Å². The summed E-state index contributed by atoms with van der Waals surface area (Å²) in [6.07, 6.45) is 11.2. The van der Waals surface area contributed by atoms with E-state index in [4.69, 9.17) is 9.15 Å². The first-order valence-corrected chi connectivity index (χ1v) is 14.9. The van der Waals surface area contributed by atoms with Gasteiger partial charge in [0.05, 0.1) is 24.4 Å². The van der Waals surface area contributed by atoms with Crippen molar-refractivity contribution < 1.29 is 18.7 Å². The van der Waals surface area contributed by atoms with Gasteiger partial charge >= 0.3 is 0 Å². The minimum absolute atomic E-state index is 0.0682. The zero-order valence-corrected chi connectivity index (χ0v) is 24.1. The number of piperidine rings is 1. The molecule has 0 unspecified atom stereocenters. The van der Waals surface area contributed by atoms with Crippen LogP contribution in [0.3, 0.4) is 0 Å². The number of hydrogen-bond acceptors (Lipinski definition) is 7. The van der Waals surface area contributed by atoms with Crippen molar-refractivity contribution in [2.45, 2.75) is 77.7 Å². The molecule has 1 spiro atoms. The van der Waals surface area contributed by atoms with E-state index in [1.54, 1.807) is 19.5 Å². The fourth-order valence-electron chi connectivity index (χ4n) is 6.18. The highest BCUT2D eigenvalue weighted by Crippen LogP contribution is 2.59. The van der Waals surface area contributed by atoms with Crippen LogP contribution in [0.15, 0.2) is 41.1 Å². The molecule has 5 rings (SSSR count). The van der Waals surface area contributed by atoms with Crippen LogP contribution < -0.4 is 10.1 Å². The Morgan fingerprint density at radius 1 is 1.18 bits per heavy atom. The molecule has 1 amide bonds. The average molecular weight is 547 g/mol. The fraction of sp³-hybridized carbons (Fsp3) is 0.562. The number of ether oxygens (including phenoxy) is 1. The monoisotopic (exact) mass is 546 g/mol. The second kappa shape index (κ2) is 12.5. The molecule has 0 radical (unpaired) electrons. The molecule has 214 valence electrons. The van der Waals surface area contributed by atoms with Crippen LogP contribution in [-0.4, -0.2) is 53.3 Å². The summed E-state index contributed by atoms with van der Waals surface area (Å²) in [5.41, 5.74) is 1.81. The number of amides is 1. The molecule has 8 heteroatoms. The van der Waals surface area contributed by atoms with Gasteiger partial charge in [0.15, 0.2) is 5.76 Å². The molecule has 2 atom stereocenters. The van der Waals surface area contributed by atoms with E-state index < -0.39 is 0 Å². The van der Waals surface area contributed by atoms with Crippen molar-refractivity contribution in [2.24, 2.45) is 11.3 Å². The van der Waals surface area contributed by atoms with Crippen molar-refractivity contribution in [3.8, 4) is 17.1 Å². The summed E-state index contributed by atoms with van der Waals surface area (Å²) in [6.45, 7) is 7.33. The largest absolute Gasteiger partial charge is 0.496 e. The summed E-state index contributed by atoms with van der Waals surface area (Å²) in [7, 11) is 1.63. The molecule has 8 nitrogen and oxygen atoms in total. The molecule has 1 N–H and O–H groups in total. The number of pyridine rings is 1. The number of hydrogen-bond donors (Lipinski definition) is 1. The lowest BCUT2D eigenvalue weighted by Crippen LogP contribution is -2.37. The molecule has 1 aromatic carbocycles. The van der Waals surface area contributed by atoms with E-state index in [0.29, 0.717) is 42.4 Å². The first-order chi connectivity index (χ1) is 19.5. The Morgan fingerprint density at radius 3 is 2.75 bits per heavy atom. The Hall–Kier alpha value is -3.26. The number of likely N-dealkylation sites (tertiary alicyclic amines) is 1. The Labute approximate surface area is 236 Å². The molecule has 2 aliphatic rings. The van der Waals surface area contributed by atoms with Crippen LogP contribution in [0, 0.1) is 11.3 Å². The van der Waals surface area contributed by atoms with Crippen LogP contribution in [0.2, 0.25) is 0 Å². The number of carbonyl (C=O) groups is 2. The predicted molar refractivity (Wildman–Crippen MR) is 155 cm³/mol. The number of unbranched alkanes of at least 4 members (excludes halogenated alkanes) is 2. The van der Waals surface area contributed by atoms with E-state index in [2.05, 4.69) is 27.1 Å². The van der Waals surface area contributed by atoms with E-state index in [1.807, 2.05) is 31.2 Å². The van der Waals surface area contributed by atoms with Gasteiger partial charge in [0.2, 0.25) is 11.8 Å². The zero-order valence-electron chi connectivity index (χ0n) is 24.1. The van der Waals surface area contributed by atoms with Gasteiger partial charge in [-0.15, -0.1) is 0 Å². The van der Waals surface area contributed by atoms with Crippen molar-refractivity contribution in [2.75, 3.05) is 26.7 Å². The second-order valence-corrected chi connectivity index (χ2v) is 11.4. The molecular formula is C32H42N4O4. The number of ketones is 1. The molecule has 40 heavy (non-hydrogen) atoms. The molecule has 2 aromatic heterocycles. The number of nitrogens with zero attached hydrogens (tertiary/aromatic N) is 3. The lowest BCUT2D eigenvalue weighted by atomic mass is 9.90. The normalized spacial score (nSPS) is 19.0. The topological polar surface area (TPSA) is 97.6 Å². The highest BCUT2D eigenvalue weighted by molar-refractivity contribution is 5.87. The fourth-order valence-corrected chi connectivity index (χ4v) is 6.18. The van der Waals surface area contributed by atoms with E-state index in [-0.39, 0.29) is 23.3 Å². The van der Waals surface area contributed by atoms with Gasteiger partial charge in [0, 0.05) is 36.4 Å². The highest BCUT2D eigenvalue weighted by atomic mass is 16.5. The Morgan fingerprint density at radius 2 is 2.00 bits per heavy atom. The maximum Gasteiger partial charge on any atom is 0.224 e.